The topological polar surface area (TPSA) is 16.1 Å². The lowest BCUT2D eigenvalue weighted by Crippen LogP contribution is -2.44. The summed E-state index contributed by atoms with van der Waals surface area (Å²) in [7, 11) is 1.11. The van der Waals surface area contributed by atoms with Crippen LogP contribution in [0.4, 0.5) is 0 Å². The summed E-state index contributed by atoms with van der Waals surface area (Å²) in [6.07, 6.45) is 2.92. The summed E-state index contributed by atoms with van der Waals surface area (Å²) in [6, 6.07) is 6.11. The van der Waals surface area contributed by atoms with Crippen molar-refractivity contribution in [3.05, 3.63) is 30.1 Å². The van der Waals surface area contributed by atoms with Crippen molar-refractivity contribution in [3.63, 3.8) is 0 Å². The van der Waals surface area contributed by atoms with Crippen LogP contribution in [0.2, 0.25) is 19.6 Å². The summed E-state index contributed by atoms with van der Waals surface area (Å²) in [5.74, 6) is 0. The van der Waals surface area contributed by atoms with E-state index in [4.69, 9.17) is 0 Å². The van der Waals surface area contributed by atoms with Crippen LogP contribution < -0.4 is 0 Å². The third-order valence-corrected chi connectivity index (χ3v) is 5.09. The maximum absolute atomic E-state index is 4.32. The molecule has 0 spiro atoms. The van der Waals surface area contributed by atoms with Crippen molar-refractivity contribution in [1.29, 1.82) is 0 Å². The molecule has 0 aliphatic heterocycles. The van der Waals surface area contributed by atoms with E-state index in [9.17, 15) is 0 Å². The zero-order chi connectivity index (χ0) is 10.6. The van der Waals surface area contributed by atoms with Gasteiger partial charge in [-0.2, -0.15) is 0 Å². The number of hydrogen-bond donors (Lipinski definition) is 0. The standard InChI is InChI=1S/C11H20N2Si/c1-13(14(2,3)4)10-8-11-7-5-6-9-12-11/h5-7,9H,8,10H2,1-4H3. The molecule has 2 nitrogen and oxygen atoms in total. The van der Waals surface area contributed by atoms with Gasteiger partial charge in [0.25, 0.3) is 0 Å². The van der Waals surface area contributed by atoms with E-state index in [1.54, 1.807) is 0 Å². The molecule has 0 saturated heterocycles. The first-order valence-corrected chi connectivity index (χ1v) is 8.56. The quantitative estimate of drug-likeness (QED) is 0.706. The molecule has 3 heteroatoms. The molecule has 1 aromatic rings. The van der Waals surface area contributed by atoms with E-state index in [1.807, 2.05) is 12.3 Å². The molecule has 1 heterocycles. The summed E-state index contributed by atoms with van der Waals surface area (Å²) < 4.78 is 2.49. The highest BCUT2D eigenvalue weighted by molar-refractivity contribution is 6.73. The van der Waals surface area contributed by atoms with Gasteiger partial charge >= 0.3 is 0 Å². The second-order valence-corrected chi connectivity index (χ2v) is 9.77. The summed E-state index contributed by atoms with van der Waals surface area (Å²) in [5.41, 5.74) is 1.19. The zero-order valence-electron chi connectivity index (χ0n) is 9.62. The second-order valence-electron chi connectivity index (χ2n) is 4.66. The van der Waals surface area contributed by atoms with Gasteiger partial charge in [-0.15, -0.1) is 0 Å². The molecule has 0 saturated carbocycles. The van der Waals surface area contributed by atoms with E-state index in [0.717, 1.165) is 13.0 Å². The zero-order valence-corrected chi connectivity index (χ0v) is 10.6. The van der Waals surface area contributed by atoms with Crippen LogP contribution in [0.3, 0.4) is 0 Å². The Labute approximate surface area is 88.1 Å². The lowest BCUT2D eigenvalue weighted by atomic mass is 10.3. The van der Waals surface area contributed by atoms with Crippen LogP contribution >= 0.6 is 0 Å². The number of rotatable bonds is 4. The summed E-state index contributed by atoms with van der Waals surface area (Å²) in [5, 5.41) is 0. The van der Waals surface area contributed by atoms with E-state index in [2.05, 4.69) is 48.4 Å². The van der Waals surface area contributed by atoms with Crippen LogP contribution in [0.1, 0.15) is 5.69 Å². The maximum atomic E-state index is 4.32. The molecule has 0 radical (unpaired) electrons. The van der Waals surface area contributed by atoms with Gasteiger partial charge in [-0.25, -0.2) is 0 Å². The molecule has 14 heavy (non-hydrogen) atoms. The lowest BCUT2D eigenvalue weighted by Gasteiger charge is -2.29. The van der Waals surface area contributed by atoms with Gasteiger partial charge in [0.1, 0.15) is 8.24 Å². The molecule has 0 aliphatic carbocycles. The molecule has 78 valence electrons. The molecule has 1 aromatic heterocycles. The van der Waals surface area contributed by atoms with Crippen molar-refractivity contribution < 1.29 is 0 Å². The first-order chi connectivity index (χ1) is 6.50. The second kappa shape index (κ2) is 4.71. The average molecular weight is 208 g/mol. The number of likely N-dealkylation sites (N-methyl/N-ethyl adjacent to an activating group) is 1. The third-order valence-electron chi connectivity index (χ3n) is 2.57. The van der Waals surface area contributed by atoms with E-state index in [-0.39, 0.29) is 0 Å². The number of aromatic nitrogens is 1. The normalized spacial score (nSPS) is 12.1. The SMILES string of the molecule is CN(CCc1ccccn1)[Si](C)(C)C. The smallest absolute Gasteiger partial charge is 0.118 e. The van der Waals surface area contributed by atoms with E-state index < -0.39 is 8.24 Å². The van der Waals surface area contributed by atoms with Gasteiger partial charge < -0.3 is 4.57 Å². The van der Waals surface area contributed by atoms with Crippen LogP contribution in [0, 0.1) is 0 Å². The molecule has 0 N–H and O–H groups in total. The highest BCUT2D eigenvalue weighted by Gasteiger charge is 2.19. The lowest BCUT2D eigenvalue weighted by molar-refractivity contribution is 0.509. The van der Waals surface area contributed by atoms with Crippen molar-refractivity contribution in [3.8, 4) is 0 Å². The van der Waals surface area contributed by atoms with Gasteiger partial charge in [-0.1, -0.05) is 25.7 Å². The average Bonchev–Trinajstić information content (AvgIpc) is 2.14. The molecular formula is C11H20N2Si. The highest BCUT2D eigenvalue weighted by Crippen LogP contribution is 2.07. The van der Waals surface area contributed by atoms with Crippen LogP contribution in [0.15, 0.2) is 24.4 Å². The fraction of sp³-hybridized carbons (Fsp3) is 0.545. The van der Waals surface area contributed by atoms with Crippen molar-refractivity contribution in [2.45, 2.75) is 26.1 Å². The largest absolute Gasteiger partial charge is 0.326 e. The number of nitrogens with zero attached hydrogens (tertiary/aromatic N) is 2. The van der Waals surface area contributed by atoms with Gasteiger partial charge in [0.05, 0.1) is 0 Å². The molecule has 0 unspecified atom stereocenters. The Balaban J connectivity index is 2.42. The van der Waals surface area contributed by atoms with Gasteiger partial charge in [0.2, 0.25) is 0 Å². The van der Waals surface area contributed by atoms with E-state index >= 15 is 0 Å². The number of hydrogen-bond acceptors (Lipinski definition) is 2. The Morgan fingerprint density at radius 2 is 2.00 bits per heavy atom. The third kappa shape index (κ3) is 3.60. The summed E-state index contributed by atoms with van der Waals surface area (Å²) in [6.45, 7) is 8.22. The van der Waals surface area contributed by atoms with Crippen molar-refractivity contribution in [2.75, 3.05) is 13.6 Å². The Bertz CT molecular complexity index is 266. The van der Waals surface area contributed by atoms with Gasteiger partial charge in [0.15, 0.2) is 0 Å². The van der Waals surface area contributed by atoms with Crippen molar-refractivity contribution in [2.24, 2.45) is 0 Å². The fourth-order valence-corrected chi connectivity index (χ4v) is 1.95. The monoisotopic (exact) mass is 208 g/mol. The predicted molar refractivity (Wildman–Crippen MR) is 63.9 cm³/mol. The van der Waals surface area contributed by atoms with Gasteiger partial charge in [-0.05, 0) is 25.7 Å². The predicted octanol–water partition coefficient (Wildman–Crippen LogP) is 2.39. The van der Waals surface area contributed by atoms with Crippen LogP contribution in [0.25, 0.3) is 0 Å². The van der Waals surface area contributed by atoms with Gasteiger partial charge in [0, 0.05) is 18.3 Å². The van der Waals surface area contributed by atoms with Gasteiger partial charge in [-0.3, -0.25) is 4.98 Å². The van der Waals surface area contributed by atoms with E-state index in [0.29, 0.717) is 0 Å². The summed E-state index contributed by atoms with van der Waals surface area (Å²) in [4.78, 5) is 4.32. The molecule has 0 bridgehead atoms. The molecule has 0 atom stereocenters. The van der Waals surface area contributed by atoms with Crippen LogP contribution in [0.5, 0.6) is 0 Å². The highest BCUT2D eigenvalue weighted by atomic mass is 28.3. The maximum Gasteiger partial charge on any atom is 0.118 e. The Kier molecular flexibility index (Phi) is 3.83. The van der Waals surface area contributed by atoms with Crippen molar-refractivity contribution in [1.82, 2.24) is 9.55 Å². The summed E-state index contributed by atoms with van der Waals surface area (Å²) >= 11 is 0. The Morgan fingerprint density at radius 3 is 2.50 bits per heavy atom. The minimum Gasteiger partial charge on any atom is -0.326 e. The molecule has 0 aromatic carbocycles. The first-order valence-electron chi connectivity index (χ1n) is 5.11. The molecule has 0 amide bonds. The molecule has 1 rings (SSSR count). The molecule has 0 aliphatic rings. The fourth-order valence-electron chi connectivity index (χ4n) is 1.16. The van der Waals surface area contributed by atoms with Crippen LogP contribution in [-0.2, 0) is 6.42 Å². The van der Waals surface area contributed by atoms with Crippen LogP contribution in [-0.4, -0.2) is 31.4 Å². The van der Waals surface area contributed by atoms with E-state index in [1.165, 1.54) is 5.69 Å². The Hall–Kier alpha value is -0.673. The molecular weight excluding hydrogens is 188 g/mol. The minimum atomic E-state index is -1.11. The molecule has 0 fully saturated rings. The minimum absolute atomic E-state index is 1.06. The number of pyridine rings is 1. The first kappa shape index (κ1) is 11.4. The Morgan fingerprint density at radius 1 is 1.29 bits per heavy atom. The van der Waals surface area contributed by atoms with Crippen molar-refractivity contribution >= 4 is 8.24 Å².